The summed E-state index contributed by atoms with van der Waals surface area (Å²) in [6.45, 7) is 5.34. The van der Waals surface area contributed by atoms with Gasteiger partial charge in [-0.05, 0) is 32.2 Å². The van der Waals surface area contributed by atoms with Gasteiger partial charge in [-0.25, -0.2) is 4.79 Å². The van der Waals surface area contributed by atoms with Crippen molar-refractivity contribution < 1.29 is 19.7 Å². The molecule has 1 aromatic heterocycles. The maximum Gasteiger partial charge on any atom is 0.410 e. The first kappa shape index (κ1) is 15.3. The van der Waals surface area contributed by atoms with E-state index in [1.807, 2.05) is 17.5 Å². The molecule has 6 heteroatoms. The van der Waals surface area contributed by atoms with Crippen LogP contribution in [0.15, 0.2) is 17.5 Å². The monoisotopic (exact) mass is 299 g/mol. The molecule has 20 heavy (non-hydrogen) atoms. The van der Waals surface area contributed by atoms with E-state index in [1.165, 1.54) is 16.2 Å². The largest absolute Gasteiger partial charge is 0.444 e. The first-order valence-electron chi connectivity index (χ1n) is 6.62. The highest BCUT2D eigenvalue weighted by Gasteiger charge is 2.47. The Balaban J connectivity index is 2.16. The summed E-state index contributed by atoms with van der Waals surface area (Å²) in [5.41, 5.74) is -1.70. The number of carbonyl (C=O) groups is 1. The van der Waals surface area contributed by atoms with Crippen LogP contribution in [0.5, 0.6) is 0 Å². The number of likely N-dealkylation sites (tertiary alicyclic amines) is 1. The summed E-state index contributed by atoms with van der Waals surface area (Å²) >= 11 is 1.45. The van der Waals surface area contributed by atoms with E-state index in [0.717, 1.165) is 4.88 Å². The third kappa shape index (κ3) is 3.13. The van der Waals surface area contributed by atoms with Crippen LogP contribution in [0.4, 0.5) is 4.79 Å². The quantitative estimate of drug-likeness (QED) is 0.875. The van der Waals surface area contributed by atoms with Crippen molar-refractivity contribution >= 4 is 17.4 Å². The van der Waals surface area contributed by atoms with Crippen molar-refractivity contribution in [2.75, 3.05) is 13.2 Å². The number of amides is 1. The van der Waals surface area contributed by atoms with Crippen LogP contribution >= 0.6 is 11.3 Å². The smallest absolute Gasteiger partial charge is 0.410 e. The molecule has 1 aliphatic rings. The minimum Gasteiger partial charge on any atom is -0.444 e. The maximum absolute atomic E-state index is 12.2. The van der Waals surface area contributed by atoms with Crippen molar-refractivity contribution in [1.82, 2.24) is 4.90 Å². The van der Waals surface area contributed by atoms with Gasteiger partial charge in [0.05, 0.1) is 19.2 Å². The molecular weight excluding hydrogens is 278 g/mol. The van der Waals surface area contributed by atoms with Crippen molar-refractivity contribution in [2.45, 2.75) is 44.4 Å². The van der Waals surface area contributed by atoms with Gasteiger partial charge in [0.1, 0.15) is 11.2 Å². The van der Waals surface area contributed by atoms with Crippen LogP contribution in [0.3, 0.4) is 0 Å². The minimum absolute atomic E-state index is 0.146. The highest BCUT2D eigenvalue weighted by molar-refractivity contribution is 7.10. The predicted molar refractivity (Wildman–Crippen MR) is 76.6 cm³/mol. The molecule has 0 unspecified atom stereocenters. The number of rotatable bonds is 2. The molecular formula is C14H21NO4S. The Kier molecular flexibility index (Phi) is 4.09. The summed E-state index contributed by atoms with van der Waals surface area (Å²) in [4.78, 5) is 14.4. The molecule has 0 saturated carbocycles. The van der Waals surface area contributed by atoms with Gasteiger partial charge in [0.2, 0.25) is 0 Å². The Morgan fingerprint density at radius 3 is 2.80 bits per heavy atom. The normalized spacial score (nSPS) is 26.9. The maximum atomic E-state index is 12.2. The van der Waals surface area contributed by atoms with Gasteiger partial charge in [0, 0.05) is 11.3 Å². The molecule has 2 rings (SSSR count). The van der Waals surface area contributed by atoms with Gasteiger partial charge in [-0.3, -0.25) is 4.90 Å². The lowest BCUT2D eigenvalue weighted by Crippen LogP contribution is -2.42. The first-order valence-corrected chi connectivity index (χ1v) is 7.50. The number of nitrogens with zero attached hydrogens (tertiary/aromatic N) is 1. The molecule has 0 aliphatic carbocycles. The lowest BCUT2D eigenvalue weighted by molar-refractivity contribution is 0.00971. The summed E-state index contributed by atoms with van der Waals surface area (Å²) in [6, 6.07) is 3.29. The standard InChI is InChI=1S/C14H21NO4S/c1-13(2,3)19-12(17)15-9-14(18,7-10(15)8-16)11-5-4-6-20-11/h4-6,10,16,18H,7-9H2,1-3H3/t10-,14-/m0/s1. The Morgan fingerprint density at radius 1 is 1.60 bits per heavy atom. The Labute approximate surface area is 122 Å². The molecule has 5 nitrogen and oxygen atoms in total. The molecule has 1 aromatic rings. The van der Waals surface area contributed by atoms with E-state index in [-0.39, 0.29) is 13.2 Å². The molecule has 2 heterocycles. The van der Waals surface area contributed by atoms with Crippen LogP contribution in [0.25, 0.3) is 0 Å². The summed E-state index contributed by atoms with van der Waals surface area (Å²) in [5.74, 6) is 0. The second-order valence-electron chi connectivity index (χ2n) is 6.16. The molecule has 1 fully saturated rings. The highest BCUT2D eigenvalue weighted by atomic mass is 32.1. The second kappa shape index (κ2) is 5.35. The zero-order valence-corrected chi connectivity index (χ0v) is 12.8. The summed E-state index contributed by atoms with van der Waals surface area (Å²) < 4.78 is 5.33. The fraction of sp³-hybridized carbons (Fsp3) is 0.643. The van der Waals surface area contributed by atoms with Crippen LogP contribution in [-0.4, -0.2) is 46.0 Å². The number of aliphatic hydroxyl groups is 2. The van der Waals surface area contributed by atoms with Crippen molar-refractivity contribution in [3.8, 4) is 0 Å². The predicted octanol–water partition coefficient (Wildman–Crippen LogP) is 1.94. The molecule has 0 bridgehead atoms. The van der Waals surface area contributed by atoms with Crippen molar-refractivity contribution in [1.29, 1.82) is 0 Å². The number of β-amino-alcohol motifs (C(OH)–C–C–N with tert-alkyl or cyclic N) is 1. The Morgan fingerprint density at radius 2 is 2.30 bits per heavy atom. The molecule has 2 atom stereocenters. The molecule has 0 aromatic carbocycles. The molecule has 1 saturated heterocycles. The number of thiophene rings is 1. The van der Waals surface area contributed by atoms with Crippen LogP contribution in [-0.2, 0) is 10.3 Å². The summed E-state index contributed by atoms with van der Waals surface area (Å²) in [6.07, 6.45) is -0.174. The lowest BCUT2D eigenvalue weighted by atomic mass is 9.99. The average molecular weight is 299 g/mol. The zero-order valence-electron chi connectivity index (χ0n) is 12.0. The van der Waals surface area contributed by atoms with Gasteiger partial charge in [0.25, 0.3) is 0 Å². The van der Waals surface area contributed by atoms with Crippen molar-refractivity contribution in [3.63, 3.8) is 0 Å². The van der Waals surface area contributed by atoms with E-state index < -0.39 is 23.3 Å². The van der Waals surface area contributed by atoms with Crippen molar-refractivity contribution in [3.05, 3.63) is 22.4 Å². The molecule has 1 amide bonds. The molecule has 1 aliphatic heterocycles. The van der Waals surface area contributed by atoms with Crippen LogP contribution in [0.2, 0.25) is 0 Å². The number of hydrogen-bond acceptors (Lipinski definition) is 5. The van der Waals surface area contributed by atoms with Crippen LogP contribution in [0, 0.1) is 0 Å². The Bertz CT molecular complexity index is 468. The van der Waals surface area contributed by atoms with E-state index in [1.54, 1.807) is 20.8 Å². The minimum atomic E-state index is -1.10. The van der Waals surface area contributed by atoms with Gasteiger partial charge in [-0.1, -0.05) is 6.07 Å². The number of hydrogen-bond donors (Lipinski definition) is 2. The average Bonchev–Trinajstić information content (AvgIpc) is 2.94. The summed E-state index contributed by atoms with van der Waals surface area (Å²) in [5, 5.41) is 22.1. The third-order valence-electron chi connectivity index (χ3n) is 3.26. The lowest BCUT2D eigenvalue weighted by Gasteiger charge is -2.28. The van der Waals surface area contributed by atoms with Gasteiger partial charge in [-0.15, -0.1) is 11.3 Å². The van der Waals surface area contributed by atoms with Gasteiger partial charge in [0.15, 0.2) is 0 Å². The van der Waals surface area contributed by atoms with Gasteiger partial charge in [-0.2, -0.15) is 0 Å². The van der Waals surface area contributed by atoms with Gasteiger partial charge < -0.3 is 14.9 Å². The topological polar surface area (TPSA) is 70.0 Å². The number of carbonyl (C=O) groups excluding carboxylic acids is 1. The third-order valence-corrected chi connectivity index (χ3v) is 4.33. The fourth-order valence-electron chi connectivity index (χ4n) is 2.39. The SMILES string of the molecule is CC(C)(C)OC(=O)N1C[C@](O)(c2cccs2)C[C@H]1CO. The highest BCUT2D eigenvalue weighted by Crippen LogP contribution is 2.38. The Hall–Kier alpha value is -1.11. The first-order chi connectivity index (χ1) is 9.25. The van der Waals surface area contributed by atoms with E-state index in [4.69, 9.17) is 4.74 Å². The van der Waals surface area contributed by atoms with Gasteiger partial charge >= 0.3 is 6.09 Å². The van der Waals surface area contributed by atoms with Crippen molar-refractivity contribution in [2.24, 2.45) is 0 Å². The van der Waals surface area contributed by atoms with E-state index in [9.17, 15) is 15.0 Å². The fourth-order valence-corrected chi connectivity index (χ4v) is 3.22. The molecule has 2 N–H and O–H groups in total. The molecule has 112 valence electrons. The van der Waals surface area contributed by atoms with E-state index in [2.05, 4.69) is 0 Å². The number of aliphatic hydroxyl groups excluding tert-OH is 1. The summed E-state index contributed by atoms with van der Waals surface area (Å²) in [7, 11) is 0. The molecule has 0 radical (unpaired) electrons. The molecule has 0 spiro atoms. The van der Waals surface area contributed by atoms with E-state index >= 15 is 0 Å². The van der Waals surface area contributed by atoms with E-state index in [0.29, 0.717) is 6.42 Å². The second-order valence-corrected chi connectivity index (χ2v) is 7.11. The zero-order chi connectivity index (χ0) is 15.0. The van der Waals surface area contributed by atoms with Crippen LogP contribution in [0.1, 0.15) is 32.1 Å². The number of ether oxygens (including phenoxy) is 1. The van der Waals surface area contributed by atoms with Crippen LogP contribution < -0.4 is 0 Å².